The zero-order valence-corrected chi connectivity index (χ0v) is 10.7. The number of hydrogen-bond acceptors (Lipinski definition) is 3. The molecule has 0 bridgehead atoms. The molecule has 2 heterocycles. The molecule has 1 N–H and O–H groups in total. The van der Waals surface area contributed by atoms with Crippen molar-refractivity contribution in [2.75, 3.05) is 0 Å². The normalized spacial score (nSPS) is 12.7. The Kier molecular flexibility index (Phi) is 3.41. The molecule has 5 heteroatoms. The molecule has 2 rings (SSSR count). The average molecular weight is 305 g/mol. The average Bonchev–Trinajstić information content (AvgIpc) is 2.65. The van der Waals surface area contributed by atoms with Gasteiger partial charge < -0.3 is 5.11 Å². The number of pyridine rings is 1. The molecule has 0 fully saturated rings. The van der Waals surface area contributed by atoms with E-state index in [1.54, 1.807) is 18.3 Å². The minimum absolute atomic E-state index is 0.427. The summed E-state index contributed by atoms with van der Waals surface area (Å²) in [5.41, 5.74) is 0.738. The third-order valence-corrected chi connectivity index (χ3v) is 4.11. The van der Waals surface area contributed by atoms with Crippen molar-refractivity contribution in [1.82, 2.24) is 4.98 Å². The Labute approximate surface area is 105 Å². The van der Waals surface area contributed by atoms with Crippen LogP contribution in [0.4, 0.5) is 0 Å². The molecule has 0 aliphatic rings. The van der Waals surface area contributed by atoms with Crippen LogP contribution in [0.1, 0.15) is 16.5 Å². The SMILES string of the molecule is OC(c1ccc(Cl)nc1)c1sccc1Br. The Morgan fingerprint density at radius 1 is 1.40 bits per heavy atom. The van der Waals surface area contributed by atoms with E-state index in [1.165, 1.54) is 11.3 Å². The van der Waals surface area contributed by atoms with E-state index in [1.807, 2.05) is 11.4 Å². The molecule has 0 spiro atoms. The van der Waals surface area contributed by atoms with Crippen LogP contribution in [-0.4, -0.2) is 10.1 Å². The third-order valence-electron chi connectivity index (χ3n) is 1.96. The minimum atomic E-state index is -0.649. The van der Waals surface area contributed by atoms with E-state index in [0.717, 1.165) is 14.9 Å². The van der Waals surface area contributed by atoms with Crippen LogP contribution in [0.5, 0.6) is 0 Å². The highest BCUT2D eigenvalue weighted by atomic mass is 79.9. The molecular weight excluding hydrogens is 298 g/mol. The van der Waals surface area contributed by atoms with Crippen molar-refractivity contribution in [3.8, 4) is 0 Å². The second kappa shape index (κ2) is 4.61. The summed E-state index contributed by atoms with van der Waals surface area (Å²) in [5, 5.41) is 12.4. The first-order chi connectivity index (χ1) is 7.18. The van der Waals surface area contributed by atoms with Crippen molar-refractivity contribution in [2.24, 2.45) is 0 Å². The zero-order valence-electron chi connectivity index (χ0n) is 7.52. The monoisotopic (exact) mass is 303 g/mol. The smallest absolute Gasteiger partial charge is 0.129 e. The standard InChI is InChI=1S/C10H7BrClNOS/c11-7-3-4-15-10(7)9(14)6-1-2-8(12)13-5-6/h1-5,9,14H. The van der Waals surface area contributed by atoms with Crippen LogP contribution < -0.4 is 0 Å². The first-order valence-electron chi connectivity index (χ1n) is 4.21. The van der Waals surface area contributed by atoms with E-state index in [-0.39, 0.29) is 0 Å². The van der Waals surface area contributed by atoms with E-state index in [0.29, 0.717) is 5.15 Å². The van der Waals surface area contributed by atoms with Crippen molar-refractivity contribution in [2.45, 2.75) is 6.10 Å². The van der Waals surface area contributed by atoms with Gasteiger partial charge in [0.2, 0.25) is 0 Å². The predicted octanol–water partition coefficient (Wildman–Crippen LogP) is 3.64. The number of halogens is 2. The number of nitrogens with zero attached hydrogens (tertiary/aromatic N) is 1. The summed E-state index contributed by atoms with van der Waals surface area (Å²) in [6.07, 6.45) is 0.934. The number of thiophene rings is 1. The van der Waals surface area contributed by atoms with Crippen molar-refractivity contribution < 1.29 is 5.11 Å². The second-order valence-electron chi connectivity index (χ2n) is 2.95. The predicted molar refractivity (Wildman–Crippen MR) is 65.3 cm³/mol. The summed E-state index contributed by atoms with van der Waals surface area (Å²) in [6, 6.07) is 5.35. The molecule has 2 aromatic heterocycles. The maximum absolute atomic E-state index is 10.0. The van der Waals surface area contributed by atoms with E-state index >= 15 is 0 Å². The summed E-state index contributed by atoms with van der Waals surface area (Å²) >= 11 is 10.6. The van der Waals surface area contributed by atoms with Crippen molar-refractivity contribution in [3.05, 3.63) is 49.8 Å². The molecule has 0 aliphatic heterocycles. The molecule has 0 amide bonds. The molecular formula is C10H7BrClNOS. The summed E-state index contributed by atoms with van der Waals surface area (Å²) in [4.78, 5) is 4.81. The van der Waals surface area contributed by atoms with Gasteiger partial charge in [0.15, 0.2) is 0 Å². The number of hydrogen-bond donors (Lipinski definition) is 1. The fourth-order valence-corrected chi connectivity index (χ4v) is 2.91. The van der Waals surface area contributed by atoms with Crippen LogP contribution in [0.25, 0.3) is 0 Å². The van der Waals surface area contributed by atoms with Gasteiger partial charge in [-0.25, -0.2) is 4.98 Å². The molecule has 2 aromatic rings. The van der Waals surface area contributed by atoms with Crippen molar-refractivity contribution in [1.29, 1.82) is 0 Å². The van der Waals surface area contributed by atoms with Gasteiger partial charge in [0.25, 0.3) is 0 Å². The van der Waals surface area contributed by atoms with Gasteiger partial charge in [0.1, 0.15) is 11.3 Å². The number of aromatic nitrogens is 1. The molecule has 0 radical (unpaired) electrons. The van der Waals surface area contributed by atoms with Gasteiger partial charge in [0, 0.05) is 16.2 Å². The van der Waals surface area contributed by atoms with Gasteiger partial charge >= 0.3 is 0 Å². The number of aliphatic hydroxyl groups is 1. The van der Waals surface area contributed by atoms with Gasteiger partial charge in [-0.1, -0.05) is 17.7 Å². The Balaban J connectivity index is 2.32. The van der Waals surface area contributed by atoms with Crippen LogP contribution in [0.15, 0.2) is 34.2 Å². The van der Waals surface area contributed by atoms with Crippen LogP contribution in [-0.2, 0) is 0 Å². The minimum Gasteiger partial charge on any atom is -0.383 e. The first-order valence-corrected chi connectivity index (χ1v) is 6.26. The maximum atomic E-state index is 10.0. The quantitative estimate of drug-likeness (QED) is 0.859. The van der Waals surface area contributed by atoms with Crippen LogP contribution >= 0.6 is 38.9 Å². The zero-order chi connectivity index (χ0) is 10.8. The highest BCUT2D eigenvalue weighted by molar-refractivity contribution is 9.10. The number of rotatable bonds is 2. The molecule has 0 saturated carbocycles. The van der Waals surface area contributed by atoms with Crippen molar-refractivity contribution >= 4 is 38.9 Å². The largest absolute Gasteiger partial charge is 0.383 e. The lowest BCUT2D eigenvalue weighted by Gasteiger charge is -2.09. The van der Waals surface area contributed by atoms with Gasteiger partial charge in [-0.3, -0.25) is 0 Å². The summed E-state index contributed by atoms with van der Waals surface area (Å²) in [7, 11) is 0. The van der Waals surface area contributed by atoms with E-state index in [2.05, 4.69) is 20.9 Å². The molecule has 78 valence electrons. The lowest BCUT2D eigenvalue weighted by atomic mass is 10.1. The molecule has 0 aliphatic carbocycles. The second-order valence-corrected chi connectivity index (χ2v) is 5.14. The molecule has 1 unspecified atom stereocenters. The van der Waals surface area contributed by atoms with Gasteiger partial charge in [-0.15, -0.1) is 11.3 Å². The Hall–Kier alpha value is -0.420. The topological polar surface area (TPSA) is 33.1 Å². The maximum Gasteiger partial charge on any atom is 0.129 e. The highest BCUT2D eigenvalue weighted by Gasteiger charge is 2.15. The van der Waals surface area contributed by atoms with E-state index in [4.69, 9.17) is 11.6 Å². The van der Waals surface area contributed by atoms with Crippen molar-refractivity contribution in [3.63, 3.8) is 0 Å². The molecule has 15 heavy (non-hydrogen) atoms. The van der Waals surface area contributed by atoms with Crippen LogP contribution in [0.2, 0.25) is 5.15 Å². The Morgan fingerprint density at radius 3 is 2.73 bits per heavy atom. The lowest BCUT2D eigenvalue weighted by Crippen LogP contribution is -1.98. The number of aliphatic hydroxyl groups excluding tert-OH is 1. The van der Waals surface area contributed by atoms with E-state index < -0.39 is 6.10 Å². The molecule has 0 aromatic carbocycles. The Bertz CT molecular complexity index is 457. The lowest BCUT2D eigenvalue weighted by molar-refractivity contribution is 0.223. The molecule has 2 nitrogen and oxygen atoms in total. The summed E-state index contributed by atoms with van der Waals surface area (Å²) in [6.45, 7) is 0. The van der Waals surface area contributed by atoms with Gasteiger partial charge in [0.05, 0.1) is 4.88 Å². The van der Waals surface area contributed by atoms with Crippen LogP contribution in [0, 0.1) is 0 Å². The fourth-order valence-electron chi connectivity index (χ4n) is 1.20. The Morgan fingerprint density at radius 2 is 2.20 bits per heavy atom. The fraction of sp³-hybridized carbons (Fsp3) is 0.100. The summed E-state index contributed by atoms with van der Waals surface area (Å²) in [5.74, 6) is 0. The molecule has 0 saturated heterocycles. The highest BCUT2D eigenvalue weighted by Crippen LogP contribution is 2.32. The third kappa shape index (κ3) is 2.39. The molecule has 1 atom stereocenters. The van der Waals surface area contributed by atoms with Gasteiger partial charge in [-0.2, -0.15) is 0 Å². The van der Waals surface area contributed by atoms with E-state index in [9.17, 15) is 5.11 Å². The first kappa shape index (κ1) is 11.1. The van der Waals surface area contributed by atoms with Crippen LogP contribution in [0.3, 0.4) is 0 Å². The summed E-state index contributed by atoms with van der Waals surface area (Å²) < 4.78 is 0.912. The van der Waals surface area contributed by atoms with Gasteiger partial charge in [-0.05, 0) is 33.4 Å².